The number of nitrogens with two attached hydrogens (primary N) is 1. The number of anilines is 2. The maximum absolute atomic E-state index is 12.6. The minimum Gasteiger partial charge on any atom is -0.364 e. The summed E-state index contributed by atoms with van der Waals surface area (Å²) in [6, 6.07) is 1.91. The number of aromatic nitrogens is 2. The van der Waals surface area contributed by atoms with E-state index >= 15 is 0 Å². The molecular formula is C16H26N6O2. The highest BCUT2D eigenvalue weighted by Crippen LogP contribution is 2.22. The first-order valence-corrected chi connectivity index (χ1v) is 8.48. The molecule has 0 aromatic carbocycles. The summed E-state index contributed by atoms with van der Waals surface area (Å²) < 4.78 is 5.72. The maximum atomic E-state index is 12.6. The first-order valence-electron chi connectivity index (χ1n) is 8.48. The number of amides is 1. The third kappa shape index (κ3) is 3.59. The Bertz CT molecular complexity index is 573. The average molecular weight is 334 g/mol. The lowest BCUT2D eigenvalue weighted by Crippen LogP contribution is -2.51. The molecule has 1 aromatic heterocycles. The predicted molar refractivity (Wildman–Crippen MR) is 92.1 cm³/mol. The van der Waals surface area contributed by atoms with Crippen molar-refractivity contribution in [2.45, 2.75) is 25.0 Å². The van der Waals surface area contributed by atoms with Gasteiger partial charge >= 0.3 is 0 Å². The molecule has 8 nitrogen and oxygen atoms in total. The third-order valence-corrected chi connectivity index (χ3v) is 4.59. The molecule has 1 amide bonds. The van der Waals surface area contributed by atoms with Crippen LogP contribution in [0.2, 0.25) is 0 Å². The Morgan fingerprint density at radius 1 is 1.33 bits per heavy atom. The van der Waals surface area contributed by atoms with E-state index < -0.39 is 0 Å². The summed E-state index contributed by atoms with van der Waals surface area (Å²) in [4.78, 5) is 27.3. The molecule has 2 aliphatic rings. The van der Waals surface area contributed by atoms with Crippen LogP contribution in [-0.4, -0.2) is 79.8 Å². The first kappa shape index (κ1) is 16.9. The highest BCUT2D eigenvalue weighted by molar-refractivity contribution is 5.81. The molecule has 2 N–H and O–H groups in total. The first-order chi connectivity index (χ1) is 11.6. The van der Waals surface area contributed by atoms with Crippen LogP contribution in [0.25, 0.3) is 0 Å². The Morgan fingerprint density at radius 3 is 2.71 bits per heavy atom. The summed E-state index contributed by atoms with van der Waals surface area (Å²) in [6.07, 6.45) is 3.14. The Labute approximate surface area is 142 Å². The van der Waals surface area contributed by atoms with Crippen LogP contribution in [0.5, 0.6) is 0 Å². The molecule has 2 aliphatic heterocycles. The van der Waals surface area contributed by atoms with Crippen LogP contribution in [0.1, 0.15) is 12.8 Å². The van der Waals surface area contributed by atoms with Crippen LogP contribution >= 0.6 is 0 Å². The second-order valence-electron chi connectivity index (χ2n) is 6.48. The zero-order valence-corrected chi connectivity index (χ0v) is 14.4. The van der Waals surface area contributed by atoms with Crippen molar-refractivity contribution in [1.29, 1.82) is 0 Å². The standard InChI is InChI=1S/C16H26N6O2/c1-20(2)16-18-6-5-14(19-16)21-7-9-22(10-8-21)15(23)13-4-3-12(11-17)24-13/h5-6,12-13H,3-4,7-11,17H2,1-2H3/t12-,13+/m1/s1. The van der Waals surface area contributed by atoms with Crippen LogP contribution in [0.15, 0.2) is 12.3 Å². The van der Waals surface area contributed by atoms with Gasteiger partial charge in [0.15, 0.2) is 0 Å². The van der Waals surface area contributed by atoms with Crippen molar-refractivity contribution in [3.05, 3.63) is 12.3 Å². The fourth-order valence-corrected chi connectivity index (χ4v) is 3.15. The van der Waals surface area contributed by atoms with Gasteiger partial charge in [-0.05, 0) is 18.9 Å². The van der Waals surface area contributed by atoms with Gasteiger partial charge in [0.2, 0.25) is 5.95 Å². The summed E-state index contributed by atoms with van der Waals surface area (Å²) in [5, 5.41) is 0. The molecule has 2 fully saturated rings. The van der Waals surface area contributed by atoms with Crippen molar-refractivity contribution in [1.82, 2.24) is 14.9 Å². The smallest absolute Gasteiger partial charge is 0.251 e. The van der Waals surface area contributed by atoms with Gasteiger partial charge < -0.3 is 25.2 Å². The van der Waals surface area contributed by atoms with Gasteiger partial charge in [-0.2, -0.15) is 4.98 Å². The van der Waals surface area contributed by atoms with Gasteiger partial charge in [0.1, 0.15) is 11.9 Å². The number of hydrogen-bond acceptors (Lipinski definition) is 7. The minimum absolute atomic E-state index is 0.0331. The number of carbonyl (C=O) groups is 1. The molecule has 3 heterocycles. The van der Waals surface area contributed by atoms with Crippen molar-refractivity contribution in [3.8, 4) is 0 Å². The van der Waals surface area contributed by atoms with Crippen molar-refractivity contribution in [2.75, 3.05) is 56.6 Å². The van der Waals surface area contributed by atoms with E-state index in [0.29, 0.717) is 25.6 Å². The normalized spacial score (nSPS) is 24.3. The van der Waals surface area contributed by atoms with E-state index in [4.69, 9.17) is 10.5 Å². The zero-order valence-electron chi connectivity index (χ0n) is 14.4. The van der Waals surface area contributed by atoms with Crippen LogP contribution < -0.4 is 15.5 Å². The van der Waals surface area contributed by atoms with Crippen LogP contribution in [0, 0.1) is 0 Å². The Hall–Kier alpha value is -1.93. The summed E-state index contributed by atoms with van der Waals surface area (Å²) in [7, 11) is 3.85. The average Bonchev–Trinajstić information content (AvgIpc) is 3.10. The van der Waals surface area contributed by atoms with Crippen molar-refractivity contribution >= 4 is 17.7 Å². The molecule has 8 heteroatoms. The predicted octanol–water partition coefficient (Wildman–Crippen LogP) is -0.302. The molecule has 0 unspecified atom stereocenters. The molecule has 0 radical (unpaired) electrons. The number of nitrogens with zero attached hydrogens (tertiary/aromatic N) is 5. The number of piperazine rings is 1. The van der Waals surface area contributed by atoms with Gasteiger partial charge in [-0.25, -0.2) is 4.98 Å². The lowest BCUT2D eigenvalue weighted by Gasteiger charge is -2.36. The Morgan fingerprint density at radius 2 is 2.08 bits per heavy atom. The second kappa shape index (κ2) is 7.31. The molecule has 0 saturated carbocycles. The minimum atomic E-state index is -0.315. The number of ether oxygens (including phenoxy) is 1. The Balaban J connectivity index is 1.56. The molecular weight excluding hydrogens is 308 g/mol. The molecule has 24 heavy (non-hydrogen) atoms. The van der Waals surface area contributed by atoms with E-state index in [0.717, 1.165) is 31.7 Å². The summed E-state index contributed by atoms with van der Waals surface area (Å²) in [6.45, 7) is 3.39. The van der Waals surface area contributed by atoms with E-state index in [9.17, 15) is 4.79 Å². The summed E-state index contributed by atoms with van der Waals surface area (Å²) in [5.41, 5.74) is 5.62. The third-order valence-electron chi connectivity index (χ3n) is 4.59. The van der Waals surface area contributed by atoms with Gasteiger partial charge in [-0.3, -0.25) is 4.79 Å². The van der Waals surface area contributed by atoms with E-state index in [1.54, 1.807) is 6.20 Å². The second-order valence-corrected chi connectivity index (χ2v) is 6.48. The lowest BCUT2D eigenvalue weighted by atomic mass is 10.1. The molecule has 3 rings (SSSR count). The molecule has 0 bridgehead atoms. The summed E-state index contributed by atoms with van der Waals surface area (Å²) in [5.74, 6) is 1.70. The van der Waals surface area contributed by atoms with Crippen LogP contribution in [0.4, 0.5) is 11.8 Å². The van der Waals surface area contributed by atoms with E-state index in [1.807, 2.05) is 30.0 Å². The maximum Gasteiger partial charge on any atom is 0.251 e. The van der Waals surface area contributed by atoms with Gasteiger partial charge in [0, 0.05) is 53.0 Å². The number of carbonyl (C=O) groups excluding carboxylic acids is 1. The number of rotatable bonds is 4. The molecule has 2 atom stereocenters. The van der Waals surface area contributed by atoms with Gasteiger partial charge in [0.05, 0.1) is 6.10 Å². The van der Waals surface area contributed by atoms with Gasteiger partial charge in [0.25, 0.3) is 5.91 Å². The highest BCUT2D eigenvalue weighted by Gasteiger charge is 2.34. The monoisotopic (exact) mass is 334 g/mol. The van der Waals surface area contributed by atoms with Crippen LogP contribution in [0.3, 0.4) is 0 Å². The quantitative estimate of drug-likeness (QED) is 0.808. The Kier molecular flexibility index (Phi) is 5.15. The van der Waals surface area contributed by atoms with E-state index in [2.05, 4.69) is 14.9 Å². The molecule has 1 aromatic rings. The highest BCUT2D eigenvalue weighted by atomic mass is 16.5. The SMILES string of the molecule is CN(C)c1nccc(N2CCN(C(=O)[C@@H]3CC[C@H](CN)O3)CC2)n1. The largest absolute Gasteiger partial charge is 0.364 e. The topological polar surface area (TPSA) is 87.8 Å². The molecule has 0 aliphatic carbocycles. The van der Waals surface area contributed by atoms with Gasteiger partial charge in [-0.15, -0.1) is 0 Å². The molecule has 0 spiro atoms. The molecule has 132 valence electrons. The zero-order chi connectivity index (χ0) is 17.1. The molecule has 2 saturated heterocycles. The van der Waals surface area contributed by atoms with Crippen molar-refractivity contribution in [3.63, 3.8) is 0 Å². The van der Waals surface area contributed by atoms with E-state index in [-0.39, 0.29) is 18.1 Å². The fourth-order valence-electron chi connectivity index (χ4n) is 3.15. The van der Waals surface area contributed by atoms with Crippen LogP contribution in [-0.2, 0) is 9.53 Å². The lowest BCUT2D eigenvalue weighted by molar-refractivity contribution is -0.143. The summed E-state index contributed by atoms with van der Waals surface area (Å²) >= 11 is 0. The van der Waals surface area contributed by atoms with Crippen molar-refractivity contribution in [2.24, 2.45) is 5.73 Å². The fraction of sp³-hybridized carbons (Fsp3) is 0.688. The van der Waals surface area contributed by atoms with Crippen molar-refractivity contribution < 1.29 is 9.53 Å². The van der Waals surface area contributed by atoms with Gasteiger partial charge in [-0.1, -0.05) is 0 Å². The number of hydrogen-bond donors (Lipinski definition) is 1. The van der Waals surface area contributed by atoms with E-state index in [1.165, 1.54) is 0 Å².